The second kappa shape index (κ2) is 5.94. The van der Waals surface area contributed by atoms with Gasteiger partial charge in [0, 0.05) is 8.80 Å². The van der Waals surface area contributed by atoms with E-state index in [-0.39, 0.29) is 17.8 Å². The SMILES string of the molecule is CCN(CC)[Si](C)C(C)[Si](C)C. The third-order valence-electron chi connectivity index (χ3n) is 2.75. The minimum Gasteiger partial charge on any atom is -0.325 e. The van der Waals surface area contributed by atoms with Gasteiger partial charge in [0.05, 0.1) is 0 Å². The molecule has 0 spiro atoms. The topological polar surface area (TPSA) is 3.24 Å². The molecule has 1 unspecified atom stereocenters. The van der Waals surface area contributed by atoms with Gasteiger partial charge in [-0.1, -0.05) is 40.4 Å². The van der Waals surface area contributed by atoms with Crippen LogP contribution in [0.2, 0.25) is 24.8 Å². The summed E-state index contributed by atoms with van der Waals surface area (Å²) in [7, 11) is -0.301. The molecule has 1 atom stereocenters. The molecule has 0 aromatic heterocycles. The summed E-state index contributed by atoms with van der Waals surface area (Å²) in [6, 6.07) is 0. The fourth-order valence-corrected chi connectivity index (χ4v) is 6.85. The molecule has 12 heavy (non-hydrogen) atoms. The molecule has 0 aliphatic rings. The van der Waals surface area contributed by atoms with Crippen molar-refractivity contribution in [1.29, 1.82) is 0 Å². The maximum atomic E-state index is 2.66. The van der Waals surface area contributed by atoms with Crippen LogP contribution in [0.3, 0.4) is 0 Å². The average molecular weight is 201 g/mol. The number of nitrogens with zero attached hydrogens (tertiary/aromatic N) is 1. The monoisotopic (exact) mass is 201 g/mol. The summed E-state index contributed by atoms with van der Waals surface area (Å²) in [4.78, 5) is 0. The Bertz CT molecular complexity index is 111. The molecule has 0 N–H and O–H groups in total. The standard InChI is InChI=1S/C9H23NSi2/c1-7-10(8-2)12(6)9(3)11(4)5/h9H,7-8H2,1-6H3. The predicted octanol–water partition coefficient (Wildman–Crippen LogP) is 2.63. The molecule has 2 radical (unpaired) electrons. The summed E-state index contributed by atoms with van der Waals surface area (Å²) in [5.74, 6) is 0. The molecule has 0 aliphatic carbocycles. The van der Waals surface area contributed by atoms with Crippen molar-refractivity contribution < 1.29 is 0 Å². The van der Waals surface area contributed by atoms with E-state index in [0.29, 0.717) is 0 Å². The molecule has 0 bridgehead atoms. The van der Waals surface area contributed by atoms with Gasteiger partial charge in [-0.15, -0.1) is 0 Å². The minimum atomic E-state index is -0.228. The highest BCUT2D eigenvalue weighted by molar-refractivity contribution is 6.76. The molecule has 72 valence electrons. The zero-order chi connectivity index (χ0) is 9.72. The van der Waals surface area contributed by atoms with Crippen molar-refractivity contribution in [2.75, 3.05) is 13.1 Å². The summed E-state index contributed by atoms with van der Waals surface area (Å²) in [5.41, 5.74) is 0. The fraction of sp³-hybridized carbons (Fsp3) is 1.00. The Morgan fingerprint density at radius 1 is 1.08 bits per heavy atom. The molecule has 0 fully saturated rings. The molecule has 0 aromatic carbocycles. The molecule has 0 heterocycles. The number of hydrogen-bond donors (Lipinski definition) is 0. The van der Waals surface area contributed by atoms with Crippen LogP contribution in [0.4, 0.5) is 0 Å². The number of rotatable bonds is 5. The lowest BCUT2D eigenvalue weighted by atomic mass is 10.7. The first-order valence-corrected chi connectivity index (χ1v) is 9.53. The van der Waals surface area contributed by atoms with Gasteiger partial charge in [0.15, 0.2) is 0 Å². The first kappa shape index (κ1) is 12.4. The Hall–Kier alpha value is 0.394. The van der Waals surface area contributed by atoms with E-state index in [1.165, 1.54) is 13.1 Å². The van der Waals surface area contributed by atoms with Crippen LogP contribution in [-0.2, 0) is 0 Å². The van der Waals surface area contributed by atoms with Crippen molar-refractivity contribution in [3.05, 3.63) is 0 Å². The van der Waals surface area contributed by atoms with E-state index in [4.69, 9.17) is 0 Å². The quantitative estimate of drug-likeness (QED) is 0.618. The maximum absolute atomic E-state index is 2.66. The van der Waals surface area contributed by atoms with E-state index in [0.717, 1.165) is 5.16 Å². The van der Waals surface area contributed by atoms with Crippen LogP contribution in [-0.4, -0.2) is 35.4 Å². The Balaban J connectivity index is 4.05. The van der Waals surface area contributed by atoms with Gasteiger partial charge in [-0.25, -0.2) is 0 Å². The highest BCUT2D eigenvalue weighted by atomic mass is 28.3. The van der Waals surface area contributed by atoms with Crippen molar-refractivity contribution in [1.82, 2.24) is 4.57 Å². The number of hydrogen-bond acceptors (Lipinski definition) is 1. The Morgan fingerprint density at radius 3 is 1.75 bits per heavy atom. The third-order valence-corrected chi connectivity index (χ3v) is 10.4. The average Bonchev–Trinajstić information content (AvgIpc) is 2.05. The van der Waals surface area contributed by atoms with Crippen molar-refractivity contribution in [3.63, 3.8) is 0 Å². The summed E-state index contributed by atoms with van der Waals surface area (Å²) in [6.07, 6.45) is 0. The molecule has 3 heteroatoms. The Kier molecular flexibility index (Phi) is 6.14. The van der Waals surface area contributed by atoms with Crippen LogP contribution in [0.1, 0.15) is 20.8 Å². The van der Waals surface area contributed by atoms with Crippen molar-refractivity contribution in [2.24, 2.45) is 0 Å². The van der Waals surface area contributed by atoms with Crippen LogP contribution in [0.5, 0.6) is 0 Å². The molecule has 0 saturated heterocycles. The van der Waals surface area contributed by atoms with Gasteiger partial charge in [0.2, 0.25) is 0 Å². The van der Waals surface area contributed by atoms with Crippen LogP contribution in [0, 0.1) is 0 Å². The molecule has 1 nitrogen and oxygen atoms in total. The minimum absolute atomic E-state index is 0.0722. The van der Waals surface area contributed by atoms with Gasteiger partial charge in [0.25, 0.3) is 0 Å². The Labute approximate surface area is 81.5 Å². The normalized spacial score (nSPS) is 14.8. The van der Waals surface area contributed by atoms with Gasteiger partial charge in [-0.3, -0.25) is 0 Å². The smallest absolute Gasteiger partial charge is 0.133 e. The molecular weight excluding hydrogens is 178 g/mol. The second-order valence-corrected chi connectivity index (χ2v) is 9.99. The van der Waals surface area contributed by atoms with Gasteiger partial charge < -0.3 is 4.57 Å². The molecule has 0 saturated carbocycles. The zero-order valence-corrected chi connectivity index (χ0v) is 11.4. The molecular formula is C9H23NSi2. The largest absolute Gasteiger partial charge is 0.325 e. The van der Waals surface area contributed by atoms with Crippen LogP contribution < -0.4 is 0 Å². The molecule has 0 amide bonds. The summed E-state index contributed by atoms with van der Waals surface area (Å²) in [5, 5.41) is 1.000. The van der Waals surface area contributed by atoms with E-state index in [1.54, 1.807) is 0 Å². The molecule has 0 aromatic rings. The lowest BCUT2D eigenvalue weighted by molar-refractivity contribution is 0.478. The summed E-state index contributed by atoms with van der Waals surface area (Å²) >= 11 is 0. The molecule has 0 rings (SSSR count). The van der Waals surface area contributed by atoms with Gasteiger partial charge in [0.1, 0.15) is 8.96 Å². The van der Waals surface area contributed by atoms with Crippen LogP contribution in [0.25, 0.3) is 0 Å². The van der Waals surface area contributed by atoms with Crippen molar-refractivity contribution in [2.45, 2.75) is 45.6 Å². The van der Waals surface area contributed by atoms with Gasteiger partial charge >= 0.3 is 0 Å². The van der Waals surface area contributed by atoms with Crippen LogP contribution in [0.15, 0.2) is 0 Å². The van der Waals surface area contributed by atoms with E-state index >= 15 is 0 Å². The first-order chi connectivity index (χ1) is 5.54. The van der Waals surface area contributed by atoms with Crippen molar-refractivity contribution >= 4 is 17.8 Å². The van der Waals surface area contributed by atoms with E-state index < -0.39 is 0 Å². The van der Waals surface area contributed by atoms with Crippen LogP contribution >= 0.6 is 0 Å². The lowest BCUT2D eigenvalue weighted by Crippen LogP contribution is -2.42. The first-order valence-electron chi connectivity index (χ1n) is 4.92. The van der Waals surface area contributed by atoms with E-state index in [9.17, 15) is 0 Å². The predicted molar refractivity (Wildman–Crippen MR) is 61.4 cm³/mol. The second-order valence-electron chi connectivity index (χ2n) is 3.61. The maximum Gasteiger partial charge on any atom is 0.133 e. The highest BCUT2D eigenvalue weighted by Crippen LogP contribution is 2.16. The van der Waals surface area contributed by atoms with E-state index in [1.807, 2.05) is 0 Å². The lowest BCUT2D eigenvalue weighted by Gasteiger charge is -2.31. The third kappa shape index (κ3) is 3.41. The van der Waals surface area contributed by atoms with Gasteiger partial charge in [-0.05, 0) is 18.3 Å². The van der Waals surface area contributed by atoms with Gasteiger partial charge in [-0.2, -0.15) is 0 Å². The molecule has 0 aliphatic heterocycles. The summed E-state index contributed by atoms with van der Waals surface area (Å²) < 4.78 is 2.66. The zero-order valence-electron chi connectivity index (χ0n) is 9.44. The summed E-state index contributed by atoms with van der Waals surface area (Å²) in [6.45, 7) is 16.8. The highest BCUT2D eigenvalue weighted by Gasteiger charge is 2.23. The van der Waals surface area contributed by atoms with E-state index in [2.05, 4.69) is 45.0 Å². The fourth-order valence-electron chi connectivity index (χ4n) is 1.41. The van der Waals surface area contributed by atoms with Crippen molar-refractivity contribution in [3.8, 4) is 0 Å². The Morgan fingerprint density at radius 2 is 1.50 bits per heavy atom.